The van der Waals surface area contributed by atoms with Crippen LogP contribution in [0, 0.1) is 19.8 Å². The lowest BCUT2D eigenvalue weighted by atomic mass is 9.98. The Balaban J connectivity index is 2.29. The van der Waals surface area contributed by atoms with Crippen molar-refractivity contribution in [2.45, 2.75) is 33.6 Å². The Kier molecular flexibility index (Phi) is 3.08. The molecule has 1 heterocycles. The molecule has 1 atom stereocenters. The van der Waals surface area contributed by atoms with Gasteiger partial charge in [0.05, 0.1) is 0 Å². The van der Waals surface area contributed by atoms with Crippen molar-refractivity contribution in [2.75, 3.05) is 23.7 Å². The van der Waals surface area contributed by atoms with Gasteiger partial charge >= 0.3 is 0 Å². The minimum atomic E-state index is 0.811. The van der Waals surface area contributed by atoms with E-state index in [0.29, 0.717) is 0 Å². The number of aryl methyl sites for hydroxylation is 2. The lowest BCUT2D eigenvalue weighted by Gasteiger charge is -2.34. The van der Waals surface area contributed by atoms with Crippen molar-refractivity contribution in [1.82, 2.24) is 0 Å². The maximum Gasteiger partial charge on any atom is 0.0400 e. The molecule has 1 aromatic carbocycles. The Morgan fingerprint density at radius 1 is 1.25 bits per heavy atom. The van der Waals surface area contributed by atoms with Crippen LogP contribution in [0.1, 0.15) is 30.9 Å². The predicted molar refractivity (Wildman–Crippen MR) is 70.9 cm³/mol. The first-order chi connectivity index (χ1) is 7.58. The topological polar surface area (TPSA) is 29.3 Å². The number of benzene rings is 1. The molecule has 0 aromatic heterocycles. The average molecular weight is 218 g/mol. The number of hydrogen-bond acceptors (Lipinski definition) is 2. The third kappa shape index (κ3) is 2.16. The largest absolute Gasteiger partial charge is 0.399 e. The fourth-order valence-electron chi connectivity index (χ4n) is 2.57. The van der Waals surface area contributed by atoms with Crippen LogP contribution < -0.4 is 10.6 Å². The third-order valence-electron chi connectivity index (χ3n) is 3.58. The molecule has 0 radical (unpaired) electrons. The SMILES string of the molecule is Cc1cc(N2CCCC(C)C2)c(C)cc1N. The number of hydrogen-bond donors (Lipinski definition) is 1. The first-order valence-corrected chi connectivity index (χ1v) is 6.19. The highest BCUT2D eigenvalue weighted by Gasteiger charge is 2.18. The van der Waals surface area contributed by atoms with Crippen molar-refractivity contribution in [1.29, 1.82) is 0 Å². The molecule has 0 amide bonds. The molecule has 0 spiro atoms. The van der Waals surface area contributed by atoms with Crippen LogP contribution in [-0.2, 0) is 0 Å². The Bertz CT molecular complexity index is 385. The summed E-state index contributed by atoms with van der Waals surface area (Å²) >= 11 is 0. The zero-order chi connectivity index (χ0) is 11.7. The van der Waals surface area contributed by atoms with Gasteiger partial charge in [-0.3, -0.25) is 0 Å². The first-order valence-electron chi connectivity index (χ1n) is 6.19. The average Bonchev–Trinajstić information content (AvgIpc) is 2.23. The lowest BCUT2D eigenvalue weighted by Crippen LogP contribution is -2.34. The van der Waals surface area contributed by atoms with Crippen molar-refractivity contribution >= 4 is 11.4 Å². The maximum absolute atomic E-state index is 5.93. The molecule has 16 heavy (non-hydrogen) atoms. The molecule has 88 valence electrons. The van der Waals surface area contributed by atoms with Gasteiger partial charge < -0.3 is 10.6 Å². The first kappa shape index (κ1) is 11.3. The molecule has 1 fully saturated rings. The quantitative estimate of drug-likeness (QED) is 0.734. The minimum absolute atomic E-state index is 0.811. The van der Waals surface area contributed by atoms with Gasteiger partial charge in [-0.1, -0.05) is 6.92 Å². The number of nitrogen functional groups attached to an aromatic ring is 1. The molecular formula is C14H22N2. The molecular weight excluding hydrogens is 196 g/mol. The number of anilines is 2. The molecule has 2 N–H and O–H groups in total. The van der Waals surface area contributed by atoms with E-state index >= 15 is 0 Å². The van der Waals surface area contributed by atoms with Crippen LogP contribution >= 0.6 is 0 Å². The number of nitrogens with zero attached hydrogens (tertiary/aromatic N) is 1. The van der Waals surface area contributed by atoms with Gasteiger partial charge in [-0.05, 0) is 55.9 Å². The molecule has 0 bridgehead atoms. The number of rotatable bonds is 1. The van der Waals surface area contributed by atoms with E-state index < -0.39 is 0 Å². The summed E-state index contributed by atoms with van der Waals surface area (Å²) in [6.45, 7) is 8.96. The van der Waals surface area contributed by atoms with Gasteiger partial charge in [0.15, 0.2) is 0 Å². The van der Waals surface area contributed by atoms with E-state index in [2.05, 4.69) is 37.8 Å². The van der Waals surface area contributed by atoms with E-state index in [1.54, 1.807) is 0 Å². The summed E-state index contributed by atoms with van der Waals surface area (Å²) < 4.78 is 0. The molecule has 1 unspecified atom stereocenters. The van der Waals surface area contributed by atoms with Crippen LogP contribution in [-0.4, -0.2) is 13.1 Å². The Morgan fingerprint density at radius 2 is 2.00 bits per heavy atom. The fourth-order valence-corrected chi connectivity index (χ4v) is 2.57. The van der Waals surface area contributed by atoms with Crippen molar-refractivity contribution in [3.05, 3.63) is 23.3 Å². The highest BCUT2D eigenvalue weighted by atomic mass is 15.1. The van der Waals surface area contributed by atoms with Crippen LogP contribution in [0.4, 0.5) is 11.4 Å². The number of piperidine rings is 1. The summed E-state index contributed by atoms with van der Waals surface area (Å²) in [5.74, 6) is 0.811. The summed E-state index contributed by atoms with van der Waals surface area (Å²) in [6.07, 6.45) is 2.67. The Morgan fingerprint density at radius 3 is 2.69 bits per heavy atom. The van der Waals surface area contributed by atoms with Crippen molar-refractivity contribution in [3.8, 4) is 0 Å². The van der Waals surface area contributed by atoms with E-state index in [1.165, 1.54) is 42.7 Å². The molecule has 1 aliphatic rings. The molecule has 0 saturated carbocycles. The maximum atomic E-state index is 5.93. The normalized spacial score (nSPS) is 21.2. The zero-order valence-electron chi connectivity index (χ0n) is 10.6. The molecule has 0 aliphatic carbocycles. The van der Waals surface area contributed by atoms with Gasteiger partial charge in [0, 0.05) is 24.5 Å². The fraction of sp³-hybridized carbons (Fsp3) is 0.571. The highest BCUT2D eigenvalue weighted by Crippen LogP contribution is 2.29. The van der Waals surface area contributed by atoms with Gasteiger partial charge in [-0.25, -0.2) is 0 Å². The standard InChI is InChI=1S/C14H22N2/c1-10-5-4-6-16(9-10)14-8-11(2)13(15)7-12(14)3/h7-8,10H,4-6,9,15H2,1-3H3. The number of nitrogens with two attached hydrogens (primary N) is 1. The van der Waals surface area contributed by atoms with Crippen LogP contribution in [0.3, 0.4) is 0 Å². The molecule has 1 aliphatic heterocycles. The molecule has 2 nitrogen and oxygen atoms in total. The molecule has 1 saturated heterocycles. The van der Waals surface area contributed by atoms with Crippen molar-refractivity contribution in [3.63, 3.8) is 0 Å². The van der Waals surface area contributed by atoms with Gasteiger partial charge in [0.25, 0.3) is 0 Å². The van der Waals surface area contributed by atoms with Crippen molar-refractivity contribution < 1.29 is 0 Å². The van der Waals surface area contributed by atoms with E-state index in [4.69, 9.17) is 5.73 Å². The predicted octanol–water partition coefficient (Wildman–Crippen LogP) is 3.12. The van der Waals surface area contributed by atoms with E-state index in [-0.39, 0.29) is 0 Å². The summed E-state index contributed by atoms with van der Waals surface area (Å²) in [4.78, 5) is 2.51. The monoisotopic (exact) mass is 218 g/mol. The van der Waals surface area contributed by atoms with Crippen molar-refractivity contribution in [2.24, 2.45) is 5.92 Å². The Hall–Kier alpha value is -1.18. The Labute approximate surface area is 98.4 Å². The van der Waals surface area contributed by atoms with E-state index in [1.807, 2.05) is 0 Å². The van der Waals surface area contributed by atoms with Gasteiger partial charge in [0.1, 0.15) is 0 Å². The second-order valence-corrected chi connectivity index (χ2v) is 5.19. The third-order valence-corrected chi connectivity index (χ3v) is 3.58. The second kappa shape index (κ2) is 4.36. The second-order valence-electron chi connectivity index (χ2n) is 5.19. The van der Waals surface area contributed by atoms with Crippen LogP contribution in [0.15, 0.2) is 12.1 Å². The van der Waals surface area contributed by atoms with Crippen LogP contribution in [0.2, 0.25) is 0 Å². The van der Waals surface area contributed by atoms with E-state index in [9.17, 15) is 0 Å². The molecule has 2 rings (SSSR count). The lowest BCUT2D eigenvalue weighted by molar-refractivity contribution is 0.446. The summed E-state index contributed by atoms with van der Waals surface area (Å²) in [7, 11) is 0. The summed E-state index contributed by atoms with van der Waals surface area (Å²) in [5, 5.41) is 0. The van der Waals surface area contributed by atoms with E-state index in [0.717, 1.165) is 11.6 Å². The molecule has 1 aromatic rings. The molecule has 2 heteroatoms. The minimum Gasteiger partial charge on any atom is -0.399 e. The smallest absolute Gasteiger partial charge is 0.0400 e. The summed E-state index contributed by atoms with van der Waals surface area (Å²) in [6, 6.07) is 4.34. The zero-order valence-corrected chi connectivity index (χ0v) is 10.6. The van der Waals surface area contributed by atoms with Gasteiger partial charge in [-0.2, -0.15) is 0 Å². The van der Waals surface area contributed by atoms with Crippen LogP contribution in [0.5, 0.6) is 0 Å². The van der Waals surface area contributed by atoms with Gasteiger partial charge in [0.2, 0.25) is 0 Å². The highest BCUT2D eigenvalue weighted by molar-refractivity contribution is 5.63. The van der Waals surface area contributed by atoms with Crippen LogP contribution in [0.25, 0.3) is 0 Å². The summed E-state index contributed by atoms with van der Waals surface area (Å²) in [5.41, 5.74) is 10.7. The van der Waals surface area contributed by atoms with Gasteiger partial charge in [-0.15, -0.1) is 0 Å².